The Morgan fingerprint density at radius 1 is 1.30 bits per heavy atom. The Hall–Kier alpha value is -2.26. The zero-order valence-corrected chi connectivity index (χ0v) is 16.9. The molecule has 7 nitrogen and oxygen atoms in total. The minimum atomic E-state index is -3.84. The van der Waals surface area contributed by atoms with Gasteiger partial charge in [-0.1, -0.05) is 12.5 Å². The first kappa shape index (κ1) is 19.5. The Labute approximate surface area is 163 Å². The molecule has 1 amide bonds. The number of benzene rings is 1. The van der Waals surface area contributed by atoms with E-state index in [4.69, 9.17) is 0 Å². The van der Waals surface area contributed by atoms with Crippen molar-refractivity contribution in [2.45, 2.75) is 37.5 Å². The smallest absolute Gasteiger partial charge is 0.284 e. The highest BCUT2D eigenvalue weighted by Gasteiger charge is 2.19. The normalized spacial score (nSPS) is 17.0. The molecule has 0 spiro atoms. The fourth-order valence-corrected chi connectivity index (χ4v) is 4.64. The zero-order valence-electron chi connectivity index (χ0n) is 15.3. The summed E-state index contributed by atoms with van der Waals surface area (Å²) in [6, 6.07) is 6.16. The van der Waals surface area contributed by atoms with Crippen LogP contribution in [0, 0.1) is 6.92 Å². The monoisotopic (exact) mass is 406 g/mol. The third-order valence-electron chi connectivity index (χ3n) is 4.29. The lowest BCUT2D eigenvalue weighted by Crippen LogP contribution is -2.26. The van der Waals surface area contributed by atoms with Crippen LogP contribution < -0.4 is 5.32 Å². The Balaban J connectivity index is 1.82. The lowest BCUT2D eigenvalue weighted by Gasteiger charge is -2.17. The molecule has 0 aliphatic carbocycles. The summed E-state index contributed by atoms with van der Waals surface area (Å²) in [4.78, 5) is 18.8. The van der Waals surface area contributed by atoms with Gasteiger partial charge in [0.25, 0.3) is 15.9 Å². The summed E-state index contributed by atoms with van der Waals surface area (Å²) in [6.45, 7) is 2.62. The van der Waals surface area contributed by atoms with Gasteiger partial charge in [0.15, 0.2) is 0 Å². The summed E-state index contributed by atoms with van der Waals surface area (Å²) in [7, 11) is -1.97. The zero-order chi connectivity index (χ0) is 19.4. The lowest BCUT2D eigenvalue weighted by atomic mass is 10.2. The molecule has 1 aliphatic rings. The van der Waals surface area contributed by atoms with Crippen molar-refractivity contribution in [1.29, 1.82) is 0 Å². The van der Waals surface area contributed by atoms with Gasteiger partial charge in [0.05, 0.1) is 16.1 Å². The molecule has 1 N–H and O–H groups in total. The first-order valence-electron chi connectivity index (χ1n) is 8.74. The molecule has 1 aromatic heterocycles. The molecular weight excluding hydrogens is 384 g/mol. The number of nitrogens with one attached hydrogen (secondary N) is 1. The molecule has 2 aromatic rings. The molecule has 0 radical (unpaired) electrons. The van der Waals surface area contributed by atoms with Crippen LogP contribution >= 0.6 is 11.3 Å². The molecule has 0 unspecified atom stereocenters. The number of aryl methyl sites for hydroxylation is 1. The number of amides is 1. The van der Waals surface area contributed by atoms with E-state index in [1.807, 2.05) is 18.9 Å². The van der Waals surface area contributed by atoms with Crippen LogP contribution in [0.3, 0.4) is 0 Å². The van der Waals surface area contributed by atoms with Crippen molar-refractivity contribution < 1.29 is 13.2 Å². The van der Waals surface area contributed by atoms with Crippen LogP contribution in [0.25, 0.3) is 0 Å². The highest BCUT2D eigenvalue weighted by molar-refractivity contribution is 7.90. The van der Waals surface area contributed by atoms with Gasteiger partial charge in [-0.3, -0.25) is 4.79 Å². The van der Waals surface area contributed by atoms with E-state index < -0.39 is 10.0 Å². The molecule has 1 fully saturated rings. The number of nitrogens with zero attached hydrogens (tertiary/aromatic N) is 3. The van der Waals surface area contributed by atoms with Crippen molar-refractivity contribution in [2.24, 2.45) is 4.40 Å². The highest BCUT2D eigenvalue weighted by Crippen LogP contribution is 2.21. The van der Waals surface area contributed by atoms with Crippen molar-refractivity contribution in [2.75, 3.05) is 18.9 Å². The average molecular weight is 407 g/mol. The van der Waals surface area contributed by atoms with Crippen molar-refractivity contribution >= 4 is 38.8 Å². The fraction of sp³-hybridized carbons (Fsp3) is 0.389. The van der Waals surface area contributed by atoms with Gasteiger partial charge in [0.2, 0.25) is 0 Å². The van der Waals surface area contributed by atoms with Gasteiger partial charge in [-0.2, -0.15) is 8.42 Å². The van der Waals surface area contributed by atoms with Crippen LogP contribution in [0.2, 0.25) is 0 Å². The summed E-state index contributed by atoms with van der Waals surface area (Å²) in [5.41, 5.74) is 0.404. The molecule has 9 heteroatoms. The number of amidine groups is 1. The summed E-state index contributed by atoms with van der Waals surface area (Å²) in [6.07, 6.45) is 5.19. The van der Waals surface area contributed by atoms with Gasteiger partial charge < -0.3 is 10.2 Å². The molecule has 3 rings (SSSR count). The SMILES string of the molecule is Cc1ncc(C(=O)Nc2cccc(S(=O)(=O)/N=C3\CCCCCN3C)c2)s1. The average Bonchev–Trinajstić information content (AvgIpc) is 2.97. The number of carbonyl (C=O) groups excluding carboxylic acids is 1. The van der Waals surface area contributed by atoms with Crippen molar-refractivity contribution in [3.05, 3.63) is 40.3 Å². The maximum atomic E-state index is 12.7. The van der Waals surface area contributed by atoms with E-state index in [0.717, 1.165) is 30.8 Å². The third kappa shape index (κ3) is 4.92. The summed E-state index contributed by atoms with van der Waals surface area (Å²) in [5, 5.41) is 3.51. The number of sulfonamides is 1. The quantitative estimate of drug-likeness (QED) is 0.841. The van der Waals surface area contributed by atoms with E-state index >= 15 is 0 Å². The summed E-state index contributed by atoms with van der Waals surface area (Å²) < 4.78 is 29.5. The Kier molecular flexibility index (Phi) is 5.91. The number of anilines is 1. The molecule has 27 heavy (non-hydrogen) atoms. The molecule has 144 valence electrons. The first-order valence-corrected chi connectivity index (χ1v) is 11.0. The van der Waals surface area contributed by atoms with Gasteiger partial charge in [-0.25, -0.2) is 4.98 Å². The Bertz CT molecular complexity index is 966. The second-order valence-corrected chi connectivity index (χ2v) is 9.28. The molecule has 1 aromatic carbocycles. The maximum absolute atomic E-state index is 12.7. The predicted octanol–water partition coefficient (Wildman–Crippen LogP) is 3.30. The fourth-order valence-electron chi connectivity index (χ4n) is 2.83. The first-order chi connectivity index (χ1) is 12.8. The topological polar surface area (TPSA) is 91.7 Å². The second kappa shape index (κ2) is 8.18. The Morgan fingerprint density at radius 3 is 2.85 bits per heavy atom. The standard InChI is InChI=1S/C18H22N4O3S2/c1-13-19-12-16(26-13)18(23)20-14-7-6-8-15(11-14)27(24,25)21-17-9-4-3-5-10-22(17)2/h6-8,11-12H,3-5,9-10H2,1-2H3,(H,20,23)/b21-17+. The van der Waals surface area contributed by atoms with Crippen LogP contribution in [-0.4, -0.2) is 43.6 Å². The number of aromatic nitrogens is 1. The van der Waals surface area contributed by atoms with Crippen LogP contribution in [0.5, 0.6) is 0 Å². The third-order valence-corrected chi connectivity index (χ3v) is 6.51. The highest BCUT2D eigenvalue weighted by atomic mass is 32.2. The molecule has 1 saturated heterocycles. The molecule has 1 aliphatic heterocycles. The lowest BCUT2D eigenvalue weighted by molar-refractivity contribution is 0.103. The number of likely N-dealkylation sites (tertiary alicyclic amines) is 1. The van der Waals surface area contributed by atoms with E-state index in [1.54, 1.807) is 12.1 Å². The molecule has 2 heterocycles. The molecule has 0 bridgehead atoms. The van der Waals surface area contributed by atoms with Crippen LogP contribution in [0.4, 0.5) is 5.69 Å². The van der Waals surface area contributed by atoms with Gasteiger partial charge >= 0.3 is 0 Å². The minimum absolute atomic E-state index is 0.0610. The van der Waals surface area contributed by atoms with E-state index in [1.165, 1.54) is 29.7 Å². The van der Waals surface area contributed by atoms with Crippen LogP contribution in [0.15, 0.2) is 39.8 Å². The summed E-state index contributed by atoms with van der Waals surface area (Å²) >= 11 is 1.28. The molecule has 0 saturated carbocycles. The number of rotatable bonds is 4. The van der Waals surface area contributed by atoms with Gasteiger partial charge in [0, 0.05) is 25.7 Å². The van der Waals surface area contributed by atoms with Gasteiger partial charge in [-0.15, -0.1) is 15.7 Å². The number of thiazole rings is 1. The predicted molar refractivity (Wildman–Crippen MR) is 107 cm³/mol. The minimum Gasteiger partial charge on any atom is -0.362 e. The maximum Gasteiger partial charge on any atom is 0.284 e. The number of carbonyl (C=O) groups is 1. The van der Waals surface area contributed by atoms with Gasteiger partial charge in [-0.05, 0) is 38.0 Å². The second-order valence-electron chi connectivity index (χ2n) is 6.44. The summed E-state index contributed by atoms with van der Waals surface area (Å²) in [5.74, 6) is 0.270. The van der Waals surface area contributed by atoms with Gasteiger partial charge in [0.1, 0.15) is 10.7 Å². The number of hydrogen-bond acceptors (Lipinski definition) is 5. The van der Waals surface area contributed by atoms with Crippen LogP contribution in [-0.2, 0) is 10.0 Å². The van der Waals surface area contributed by atoms with Crippen molar-refractivity contribution in [1.82, 2.24) is 9.88 Å². The van der Waals surface area contributed by atoms with Crippen molar-refractivity contribution in [3.63, 3.8) is 0 Å². The van der Waals surface area contributed by atoms with E-state index in [0.29, 0.717) is 22.8 Å². The van der Waals surface area contributed by atoms with E-state index in [-0.39, 0.29) is 10.8 Å². The van der Waals surface area contributed by atoms with Crippen molar-refractivity contribution in [3.8, 4) is 0 Å². The van der Waals surface area contributed by atoms with E-state index in [9.17, 15) is 13.2 Å². The van der Waals surface area contributed by atoms with Crippen LogP contribution in [0.1, 0.15) is 40.4 Å². The Morgan fingerprint density at radius 2 is 2.11 bits per heavy atom. The molecule has 0 atom stereocenters. The van der Waals surface area contributed by atoms with E-state index in [2.05, 4.69) is 14.7 Å². The molecular formula is C18H22N4O3S2. The number of hydrogen-bond donors (Lipinski definition) is 1. The largest absolute Gasteiger partial charge is 0.362 e.